The van der Waals surface area contributed by atoms with Gasteiger partial charge < -0.3 is 10.2 Å². The van der Waals surface area contributed by atoms with Crippen molar-refractivity contribution >= 4 is 0 Å². The molecular formula is C14H28N2. The third kappa shape index (κ3) is 3.46. The quantitative estimate of drug-likeness (QED) is 0.790. The van der Waals surface area contributed by atoms with Crippen LogP contribution in [0.1, 0.15) is 58.3 Å². The van der Waals surface area contributed by atoms with Crippen molar-refractivity contribution in [3.63, 3.8) is 0 Å². The van der Waals surface area contributed by atoms with E-state index in [9.17, 15) is 0 Å². The van der Waals surface area contributed by atoms with Crippen molar-refractivity contribution in [1.29, 1.82) is 0 Å². The fourth-order valence-corrected chi connectivity index (χ4v) is 3.31. The predicted molar refractivity (Wildman–Crippen MR) is 69.8 cm³/mol. The molecule has 0 radical (unpaired) electrons. The van der Waals surface area contributed by atoms with Crippen LogP contribution in [0.25, 0.3) is 0 Å². The lowest BCUT2D eigenvalue weighted by molar-refractivity contribution is 0.135. The summed E-state index contributed by atoms with van der Waals surface area (Å²) in [5, 5.41) is 3.66. The van der Waals surface area contributed by atoms with Crippen molar-refractivity contribution in [1.82, 2.24) is 10.2 Å². The summed E-state index contributed by atoms with van der Waals surface area (Å²) in [6.07, 6.45) is 11.3. The SMILES string of the molecule is CC[C@@H]1CCCCN1CC[C@@H]1CCCCN1. The summed E-state index contributed by atoms with van der Waals surface area (Å²) in [5.74, 6) is 0. The molecule has 16 heavy (non-hydrogen) atoms. The van der Waals surface area contributed by atoms with Gasteiger partial charge in [-0.3, -0.25) is 0 Å². The van der Waals surface area contributed by atoms with Crippen molar-refractivity contribution in [2.75, 3.05) is 19.6 Å². The van der Waals surface area contributed by atoms with Gasteiger partial charge in [-0.05, 0) is 58.2 Å². The first-order valence-corrected chi connectivity index (χ1v) is 7.37. The molecule has 2 rings (SSSR count). The monoisotopic (exact) mass is 224 g/mol. The Kier molecular flexibility index (Phi) is 5.11. The highest BCUT2D eigenvalue weighted by molar-refractivity contribution is 4.79. The maximum atomic E-state index is 3.66. The Morgan fingerprint density at radius 2 is 2.00 bits per heavy atom. The van der Waals surface area contributed by atoms with E-state index in [2.05, 4.69) is 17.1 Å². The van der Waals surface area contributed by atoms with Gasteiger partial charge in [0.15, 0.2) is 0 Å². The lowest BCUT2D eigenvalue weighted by Crippen LogP contribution is -2.43. The summed E-state index contributed by atoms with van der Waals surface area (Å²) >= 11 is 0. The third-order valence-corrected chi connectivity index (χ3v) is 4.40. The normalized spacial score (nSPS) is 32.8. The van der Waals surface area contributed by atoms with Gasteiger partial charge in [-0.25, -0.2) is 0 Å². The van der Waals surface area contributed by atoms with Crippen LogP contribution in [-0.4, -0.2) is 36.6 Å². The van der Waals surface area contributed by atoms with E-state index in [1.54, 1.807) is 0 Å². The maximum Gasteiger partial charge on any atom is 0.00926 e. The smallest absolute Gasteiger partial charge is 0.00926 e. The van der Waals surface area contributed by atoms with Gasteiger partial charge in [-0.2, -0.15) is 0 Å². The molecule has 0 aromatic carbocycles. The lowest BCUT2D eigenvalue weighted by atomic mass is 9.97. The molecule has 2 nitrogen and oxygen atoms in total. The second kappa shape index (κ2) is 6.61. The molecule has 1 N–H and O–H groups in total. The number of nitrogens with zero attached hydrogens (tertiary/aromatic N) is 1. The average molecular weight is 224 g/mol. The van der Waals surface area contributed by atoms with Gasteiger partial charge in [0.1, 0.15) is 0 Å². The third-order valence-electron chi connectivity index (χ3n) is 4.40. The van der Waals surface area contributed by atoms with Gasteiger partial charge in [0.2, 0.25) is 0 Å². The van der Waals surface area contributed by atoms with Gasteiger partial charge in [-0.1, -0.05) is 19.8 Å². The molecule has 0 spiro atoms. The molecule has 94 valence electrons. The first kappa shape index (κ1) is 12.4. The molecule has 0 aromatic heterocycles. The van der Waals surface area contributed by atoms with Gasteiger partial charge in [0.25, 0.3) is 0 Å². The first-order chi connectivity index (χ1) is 7.90. The molecule has 2 heterocycles. The van der Waals surface area contributed by atoms with E-state index in [0.29, 0.717) is 0 Å². The highest BCUT2D eigenvalue weighted by atomic mass is 15.2. The van der Waals surface area contributed by atoms with Crippen LogP contribution in [0.2, 0.25) is 0 Å². The van der Waals surface area contributed by atoms with Crippen molar-refractivity contribution in [2.24, 2.45) is 0 Å². The van der Waals surface area contributed by atoms with E-state index in [4.69, 9.17) is 0 Å². The maximum absolute atomic E-state index is 3.66. The van der Waals surface area contributed by atoms with E-state index in [0.717, 1.165) is 12.1 Å². The summed E-state index contributed by atoms with van der Waals surface area (Å²) in [4.78, 5) is 2.75. The van der Waals surface area contributed by atoms with E-state index < -0.39 is 0 Å². The second-order valence-corrected chi connectivity index (χ2v) is 5.53. The molecular weight excluding hydrogens is 196 g/mol. The van der Waals surface area contributed by atoms with Gasteiger partial charge in [-0.15, -0.1) is 0 Å². The minimum absolute atomic E-state index is 0.813. The van der Waals surface area contributed by atoms with Crippen LogP contribution < -0.4 is 5.32 Å². The Labute approximate surface area is 101 Å². The topological polar surface area (TPSA) is 15.3 Å². The molecule has 0 unspecified atom stereocenters. The molecule has 0 aromatic rings. The highest BCUT2D eigenvalue weighted by Gasteiger charge is 2.21. The molecule has 2 aliphatic heterocycles. The molecule has 2 atom stereocenters. The molecule has 2 aliphatic rings. The lowest BCUT2D eigenvalue weighted by Gasteiger charge is -2.36. The van der Waals surface area contributed by atoms with E-state index >= 15 is 0 Å². The van der Waals surface area contributed by atoms with Crippen molar-refractivity contribution in [3.05, 3.63) is 0 Å². The van der Waals surface area contributed by atoms with Gasteiger partial charge in [0, 0.05) is 12.1 Å². The zero-order valence-electron chi connectivity index (χ0n) is 10.9. The van der Waals surface area contributed by atoms with Crippen molar-refractivity contribution in [2.45, 2.75) is 70.4 Å². The van der Waals surface area contributed by atoms with E-state index in [1.165, 1.54) is 71.0 Å². The summed E-state index contributed by atoms with van der Waals surface area (Å²) in [6.45, 7) is 6.28. The van der Waals surface area contributed by atoms with Crippen molar-refractivity contribution < 1.29 is 0 Å². The van der Waals surface area contributed by atoms with Crippen LogP contribution in [-0.2, 0) is 0 Å². The number of hydrogen-bond donors (Lipinski definition) is 1. The molecule has 2 heteroatoms. The van der Waals surface area contributed by atoms with Crippen LogP contribution in [0.15, 0.2) is 0 Å². The number of likely N-dealkylation sites (tertiary alicyclic amines) is 1. The Bertz CT molecular complexity index is 187. The fourth-order valence-electron chi connectivity index (χ4n) is 3.31. The van der Waals surface area contributed by atoms with Crippen LogP contribution in [0.5, 0.6) is 0 Å². The zero-order chi connectivity index (χ0) is 11.2. The summed E-state index contributed by atoms with van der Waals surface area (Å²) in [7, 11) is 0. The Hall–Kier alpha value is -0.0800. The summed E-state index contributed by atoms with van der Waals surface area (Å²) in [6, 6.07) is 1.70. The molecule has 0 amide bonds. The van der Waals surface area contributed by atoms with E-state index in [1.807, 2.05) is 0 Å². The molecule has 0 saturated carbocycles. The number of piperidine rings is 2. The zero-order valence-corrected chi connectivity index (χ0v) is 10.9. The fraction of sp³-hybridized carbons (Fsp3) is 1.00. The van der Waals surface area contributed by atoms with Crippen LogP contribution >= 0.6 is 0 Å². The Morgan fingerprint density at radius 1 is 1.12 bits per heavy atom. The predicted octanol–water partition coefficient (Wildman–Crippen LogP) is 2.78. The Morgan fingerprint density at radius 3 is 2.75 bits per heavy atom. The van der Waals surface area contributed by atoms with E-state index in [-0.39, 0.29) is 0 Å². The standard InChI is InChI=1S/C14H28N2/c1-2-14-8-4-6-11-16(14)12-9-13-7-3-5-10-15-13/h13-15H,2-12H2,1H3/t13-,14+/m0/s1. The average Bonchev–Trinajstić information content (AvgIpc) is 2.38. The largest absolute Gasteiger partial charge is 0.314 e. The summed E-state index contributed by atoms with van der Waals surface area (Å²) < 4.78 is 0. The van der Waals surface area contributed by atoms with Crippen molar-refractivity contribution in [3.8, 4) is 0 Å². The minimum Gasteiger partial charge on any atom is -0.314 e. The molecule has 0 aliphatic carbocycles. The number of nitrogens with one attached hydrogen (secondary N) is 1. The molecule has 2 fully saturated rings. The molecule has 2 saturated heterocycles. The van der Waals surface area contributed by atoms with Crippen LogP contribution in [0.3, 0.4) is 0 Å². The first-order valence-electron chi connectivity index (χ1n) is 7.37. The molecule has 0 bridgehead atoms. The summed E-state index contributed by atoms with van der Waals surface area (Å²) in [5.41, 5.74) is 0. The second-order valence-electron chi connectivity index (χ2n) is 5.53. The van der Waals surface area contributed by atoms with Gasteiger partial charge >= 0.3 is 0 Å². The highest BCUT2D eigenvalue weighted by Crippen LogP contribution is 2.20. The minimum atomic E-state index is 0.813. The van der Waals surface area contributed by atoms with Crippen LogP contribution in [0, 0.1) is 0 Å². The van der Waals surface area contributed by atoms with Crippen LogP contribution in [0.4, 0.5) is 0 Å². The number of rotatable bonds is 4. The number of hydrogen-bond acceptors (Lipinski definition) is 2. The Balaban J connectivity index is 1.70. The van der Waals surface area contributed by atoms with Gasteiger partial charge in [0.05, 0.1) is 0 Å².